The summed E-state index contributed by atoms with van der Waals surface area (Å²) in [4.78, 5) is 6.65. The van der Waals surface area contributed by atoms with Crippen LogP contribution in [0.15, 0.2) is 29.6 Å². The lowest BCUT2D eigenvalue weighted by molar-refractivity contribution is 0.0944. The van der Waals surface area contributed by atoms with Crippen molar-refractivity contribution in [3.8, 4) is 0 Å². The number of likely N-dealkylation sites (tertiary alicyclic amines) is 1. The van der Waals surface area contributed by atoms with Crippen LogP contribution in [0.1, 0.15) is 51.4 Å². The molecule has 1 heterocycles. The van der Waals surface area contributed by atoms with E-state index >= 15 is 0 Å². The van der Waals surface area contributed by atoms with Gasteiger partial charge in [-0.1, -0.05) is 13.0 Å². The van der Waals surface area contributed by atoms with E-state index in [2.05, 4.69) is 22.5 Å². The second kappa shape index (κ2) is 8.96. The molecule has 0 radical (unpaired) electrons. The van der Waals surface area contributed by atoms with Gasteiger partial charge < -0.3 is 9.64 Å². The fourth-order valence-corrected chi connectivity index (χ4v) is 3.03. The van der Waals surface area contributed by atoms with Gasteiger partial charge in [-0.2, -0.15) is 0 Å². The minimum absolute atomic E-state index is 0.387. The number of hydrogen-bond acceptors (Lipinski definition) is 3. The highest BCUT2D eigenvalue weighted by Crippen LogP contribution is 2.22. The summed E-state index contributed by atoms with van der Waals surface area (Å²) in [6.45, 7) is 7.29. The van der Waals surface area contributed by atoms with Crippen molar-refractivity contribution in [1.29, 1.82) is 0 Å². The van der Waals surface area contributed by atoms with Gasteiger partial charge in [0.15, 0.2) is 0 Å². The van der Waals surface area contributed by atoms with Gasteiger partial charge in [0.25, 0.3) is 0 Å². The van der Waals surface area contributed by atoms with Crippen molar-refractivity contribution in [2.24, 2.45) is 4.99 Å². The first kappa shape index (κ1) is 15.3. The summed E-state index contributed by atoms with van der Waals surface area (Å²) in [7, 11) is 0. The summed E-state index contributed by atoms with van der Waals surface area (Å²) in [5.74, 6) is 0.927. The van der Waals surface area contributed by atoms with E-state index < -0.39 is 0 Å². The van der Waals surface area contributed by atoms with Crippen LogP contribution in [0, 0.1) is 0 Å². The van der Waals surface area contributed by atoms with E-state index in [1.54, 1.807) is 6.20 Å². The first-order chi connectivity index (χ1) is 9.88. The number of allylic oxidation sites excluding steroid dienone is 1. The molecule has 112 valence electrons. The van der Waals surface area contributed by atoms with Crippen LogP contribution in [-0.2, 0) is 4.74 Å². The third kappa shape index (κ3) is 5.49. The molecule has 3 nitrogen and oxygen atoms in total. The molecule has 1 aliphatic carbocycles. The molecule has 0 aromatic carbocycles. The van der Waals surface area contributed by atoms with Crippen molar-refractivity contribution < 1.29 is 4.74 Å². The molecule has 2 fully saturated rings. The van der Waals surface area contributed by atoms with E-state index in [-0.39, 0.29) is 0 Å². The van der Waals surface area contributed by atoms with Crippen LogP contribution in [0.4, 0.5) is 0 Å². The lowest BCUT2D eigenvalue weighted by Gasteiger charge is -2.23. The van der Waals surface area contributed by atoms with Gasteiger partial charge >= 0.3 is 0 Å². The van der Waals surface area contributed by atoms with Crippen molar-refractivity contribution in [2.45, 2.75) is 57.5 Å². The molecule has 0 unspecified atom stereocenters. The zero-order chi connectivity index (χ0) is 14.0. The Kier molecular flexibility index (Phi) is 6.85. The van der Waals surface area contributed by atoms with E-state index in [1.807, 2.05) is 6.21 Å². The Morgan fingerprint density at radius 2 is 1.90 bits per heavy atom. The number of aliphatic imine (C=N–C) groups is 1. The average Bonchev–Trinajstić information content (AvgIpc) is 2.99. The highest BCUT2D eigenvalue weighted by molar-refractivity contribution is 5.76. The predicted octanol–water partition coefficient (Wildman–Crippen LogP) is 3.92. The molecule has 0 aromatic rings. The number of ether oxygens (including phenoxy) is 1. The maximum absolute atomic E-state index is 6.10. The third-order valence-electron chi connectivity index (χ3n) is 4.15. The molecule has 2 aliphatic rings. The van der Waals surface area contributed by atoms with Crippen LogP contribution in [0.25, 0.3) is 0 Å². The van der Waals surface area contributed by atoms with Crippen LogP contribution in [0.3, 0.4) is 0 Å². The number of nitrogens with zero attached hydrogens (tertiary/aromatic N) is 2. The summed E-state index contributed by atoms with van der Waals surface area (Å²) in [5.41, 5.74) is 0. The zero-order valence-corrected chi connectivity index (χ0v) is 12.6. The van der Waals surface area contributed by atoms with Gasteiger partial charge in [0.2, 0.25) is 0 Å². The molecule has 1 saturated heterocycles. The van der Waals surface area contributed by atoms with Gasteiger partial charge in [-0.25, -0.2) is 0 Å². The van der Waals surface area contributed by atoms with Gasteiger partial charge in [-0.15, -0.1) is 0 Å². The normalized spacial score (nSPS) is 22.5. The highest BCUT2D eigenvalue weighted by atomic mass is 16.5. The SMILES string of the molecule is C=CN=C/C(=C\CCN1CCCC1)OC1CCCCC1. The third-order valence-corrected chi connectivity index (χ3v) is 4.15. The van der Waals surface area contributed by atoms with Gasteiger partial charge in [0, 0.05) is 12.7 Å². The largest absolute Gasteiger partial charge is 0.489 e. The molecule has 0 amide bonds. The summed E-state index contributed by atoms with van der Waals surface area (Å²) in [5, 5.41) is 0. The maximum atomic E-state index is 6.10. The van der Waals surface area contributed by atoms with Crippen molar-refractivity contribution >= 4 is 6.21 Å². The summed E-state index contributed by atoms with van der Waals surface area (Å²) in [6.07, 6.45) is 16.0. The van der Waals surface area contributed by atoms with E-state index in [9.17, 15) is 0 Å². The van der Waals surface area contributed by atoms with Crippen molar-refractivity contribution in [3.05, 3.63) is 24.6 Å². The summed E-state index contributed by atoms with van der Waals surface area (Å²) >= 11 is 0. The van der Waals surface area contributed by atoms with Crippen LogP contribution >= 0.6 is 0 Å². The molecular formula is C17H28N2O. The topological polar surface area (TPSA) is 24.8 Å². The van der Waals surface area contributed by atoms with Gasteiger partial charge in [-0.05, 0) is 64.1 Å². The molecule has 20 heavy (non-hydrogen) atoms. The Bertz CT molecular complexity index is 337. The first-order valence-electron chi connectivity index (χ1n) is 8.12. The van der Waals surface area contributed by atoms with E-state index in [0.29, 0.717) is 6.10 Å². The first-order valence-corrected chi connectivity index (χ1v) is 8.12. The smallest absolute Gasteiger partial charge is 0.134 e. The predicted molar refractivity (Wildman–Crippen MR) is 85.0 cm³/mol. The highest BCUT2D eigenvalue weighted by Gasteiger charge is 2.15. The molecule has 0 bridgehead atoms. The number of hydrogen-bond donors (Lipinski definition) is 0. The Labute approximate surface area is 123 Å². The molecule has 1 aliphatic heterocycles. The maximum Gasteiger partial charge on any atom is 0.134 e. The molecule has 0 atom stereocenters. The van der Waals surface area contributed by atoms with Crippen molar-refractivity contribution in [3.63, 3.8) is 0 Å². The van der Waals surface area contributed by atoms with Crippen LogP contribution in [0.2, 0.25) is 0 Å². The molecule has 0 N–H and O–H groups in total. The molecule has 3 heteroatoms. The van der Waals surface area contributed by atoms with Crippen molar-refractivity contribution in [2.75, 3.05) is 19.6 Å². The lowest BCUT2D eigenvalue weighted by Crippen LogP contribution is -2.20. The summed E-state index contributed by atoms with van der Waals surface area (Å²) < 4.78 is 6.10. The average molecular weight is 276 g/mol. The molecular weight excluding hydrogens is 248 g/mol. The second-order valence-corrected chi connectivity index (χ2v) is 5.78. The Morgan fingerprint density at radius 3 is 2.60 bits per heavy atom. The van der Waals surface area contributed by atoms with Crippen LogP contribution in [-0.4, -0.2) is 36.9 Å². The molecule has 0 spiro atoms. The standard InChI is InChI=1S/C17H28N2O/c1-2-18-15-17(20-16-9-4-3-5-10-16)11-8-14-19-12-6-7-13-19/h2,11,15-16H,1,3-10,12-14H2/b17-11+,18-15?. The van der Waals surface area contributed by atoms with E-state index in [4.69, 9.17) is 4.74 Å². The molecule has 0 aromatic heterocycles. The Morgan fingerprint density at radius 1 is 1.15 bits per heavy atom. The summed E-state index contributed by atoms with van der Waals surface area (Å²) in [6, 6.07) is 0. The van der Waals surface area contributed by atoms with Gasteiger partial charge in [-0.3, -0.25) is 4.99 Å². The van der Waals surface area contributed by atoms with Gasteiger partial charge in [0.05, 0.1) is 12.3 Å². The number of rotatable bonds is 7. The monoisotopic (exact) mass is 276 g/mol. The van der Waals surface area contributed by atoms with E-state index in [1.165, 1.54) is 58.0 Å². The fraction of sp³-hybridized carbons (Fsp3) is 0.706. The minimum atomic E-state index is 0.387. The van der Waals surface area contributed by atoms with E-state index in [0.717, 1.165) is 18.7 Å². The van der Waals surface area contributed by atoms with Gasteiger partial charge in [0.1, 0.15) is 5.76 Å². The van der Waals surface area contributed by atoms with Crippen molar-refractivity contribution in [1.82, 2.24) is 4.90 Å². The Hall–Kier alpha value is -1.09. The molecule has 2 rings (SSSR count). The second-order valence-electron chi connectivity index (χ2n) is 5.78. The van der Waals surface area contributed by atoms with Crippen LogP contribution in [0.5, 0.6) is 0 Å². The fourth-order valence-electron chi connectivity index (χ4n) is 3.03. The quantitative estimate of drug-likeness (QED) is 0.520. The zero-order valence-electron chi connectivity index (χ0n) is 12.6. The Balaban J connectivity index is 1.80. The lowest BCUT2D eigenvalue weighted by atomic mass is 9.98. The minimum Gasteiger partial charge on any atom is -0.489 e. The molecule has 1 saturated carbocycles. The van der Waals surface area contributed by atoms with Crippen LogP contribution < -0.4 is 0 Å².